The highest BCUT2D eigenvalue weighted by atomic mass is 28.4. The summed E-state index contributed by atoms with van der Waals surface area (Å²) in [6.45, 7) is 9.35. The van der Waals surface area contributed by atoms with Crippen molar-refractivity contribution in [1.29, 1.82) is 0 Å². The second-order valence-corrected chi connectivity index (χ2v) is 14.0. The number of aldehydes is 1. The van der Waals surface area contributed by atoms with Crippen LogP contribution in [0, 0.1) is 11.8 Å². The number of hydrogen-bond donors (Lipinski definition) is 0. The summed E-state index contributed by atoms with van der Waals surface area (Å²) in [7, 11) is -2.62. The van der Waals surface area contributed by atoms with Gasteiger partial charge in [-0.2, -0.15) is 0 Å². The molecular formula is C26H34O4Si. The third kappa shape index (κ3) is 5.16. The van der Waals surface area contributed by atoms with Gasteiger partial charge in [-0.15, -0.1) is 0 Å². The zero-order chi connectivity index (χ0) is 22.5. The summed E-state index contributed by atoms with van der Waals surface area (Å²) in [5.41, 5.74) is 0. The van der Waals surface area contributed by atoms with Gasteiger partial charge in [-0.05, 0) is 27.8 Å². The molecule has 2 aromatic rings. The first-order valence-corrected chi connectivity index (χ1v) is 13.1. The van der Waals surface area contributed by atoms with Crippen LogP contribution in [0.15, 0.2) is 60.7 Å². The summed E-state index contributed by atoms with van der Waals surface area (Å²) >= 11 is 0. The van der Waals surface area contributed by atoms with Gasteiger partial charge in [0.05, 0.1) is 0 Å². The molecule has 0 aromatic heterocycles. The van der Waals surface area contributed by atoms with Crippen molar-refractivity contribution >= 4 is 30.9 Å². The van der Waals surface area contributed by atoms with Gasteiger partial charge in [0.2, 0.25) is 0 Å². The van der Waals surface area contributed by atoms with Crippen LogP contribution in [0.4, 0.5) is 0 Å². The molecule has 0 spiro atoms. The molecule has 1 heterocycles. The van der Waals surface area contributed by atoms with Gasteiger partial charge in [-0.25, -0.2) is 0 Å². The molecule has 166 valence electrons. The third-order valence-electron chi connectivity index (χ3n) is 6.35. The van der Waals surface area contributed by atoms with Gasteiger partial charge in [0.15, 0.2) is 0 Å². The average Bonchev–Trinajstić information content (AvgIpc) is 2.74. The minimum absolute atomic E-state index is 0.0417. The van der Waals surface area contributed by atoms with E-state index in [-0.39, 0.29) is 28.9 Å². The second kappa shape index (κ2) is 9.92. The Balaban J connectivity index is 1.91. The number of ether oxygens (including phenoxy) is 1. The normalized spacial score (nSPS) is 20.7. The van der Waals surface area contributed by atoms with E-state index in [4.69, 9.17) is 9.16 Å². The molecule has 1 aliphatic rings. The summed E-state index contributed by atoms with van der Waals surface area (Å²) in [6.07, 6.45) is 2.15. The van der Waals surface area contributed by atoms with Gasteiger partial charge >= 0.3 is 5.97 Å². The number of cyclic esters (lactones) is 1. The van der Waals surface area contributed by atoms with Crippen molar-refractivity contribution in [3.8, 4) is 0 Å². The molecule has 31 heavy (non-hydrogen) atoms. The van der Waals surface area contributed by atoms with E-state index in [1.165, 1.54) is 10.4 Å². The standard InChI is InChI=1S/C26H34O4Si/c1-20(24-17-21(15-16-27)18-25(28)30-24)19-29-31(26(2,3)4,22-11-7-5-8-12-22)23-13-9-6-10-14-23/h5-14,16,20-21,24H,15,17-19H2,1-4H3/t20-,21-,24-/m1/s1. The van der Waals surface area contributed by atoms with Crippen LogP contribution in [0.5, 0.6) is 0 Å². The molecule has 4 nitrogen and oxygen atoms in total. The number of carbonyl (C=O) groups excluding carboxylic acids is 2. The van der Waals surface area contributed by atoms with E-state index in [0.717, 1.165) is 12.7 Å². The maximum atomic E-state index is 12.1. The predicted molar refractivity (Wildman–Crippen MR) is 126 cm³/mol. The fourth-order valence-corrected chi connectivity index (χ4v) is 9.37. The van der Waals surface area contributed by atoms with Crippen LogP contribution >= 0.6 is 0 Å². The van der Waals surface area contributed by atoms with E-state index < -0.39 is 8.32 Å². The number of esters is 1. The van der Waals surface area contributed by atoms with Crippen molar-refractivity contribution in [2.75, 3.05) is 6.61 Å². The molecule has 0 N–H and O–H groups in total. The Bertz CT molecular complexity index is 820. The van der Waals surface area contributed by atoms with E-state index >= 15 is 0 Å². The Hall–Kier alpha value is -2.24. The van der Waals surface area contributed by atoms with Gasteiger partial charge in [-0.1, -0.05) is 88.4 Å². The lowest BCUT2D eigenvalue weighted by atomic mass is 9.88. The quantitative estimate of drug-likeness (QED) is 0.354. The molecule has 0 bridgehead atoms. The van der Waals surface area contributed by atoms with Crippen molar-refractivity contribution in [2.24, 2.45) is 11.8 Å². The van der Waals surface area contributed by atoms with Crippen LogP contribution in [-0.2, 0) is 18.8 Å². The molecule has 3 rings (SSSR count). The molecular weight excluding hydrogens is 404 g/mol. The Kier molecular flexibility index (Phi) is 7.49. The zero-order valence-corrected chi connectivity index (χ0v) is 20.0. The highest BCUT2D eigenvalue weighted by Crippen LogP contribution is 2.37. The number of carbonyl (C=O) groups is 2. The molecule has 1 saturated heterocycles. The van der Waals surface area contributed by atoms with Crippen molar-refractivity contribution in [3.63, 3.8) is 0 Å². The van der Waals surface area contributed by atoms with E-state index in [1.54, 1.807) is 0 Å². The molecule has 3 atom stereocenters. The van der Waals surface area contributed by atoms with Crippen LogP contribution in [0.3, 0.4) is 0 Å². The molecule has 0 amide bonds. The Labute approximate surface area is 187 Å². The fraction of sp³-hybridized carbons (Fsp3) is 0.462. The lowest BCUT2D eigenvalue weighted by Crippen LogP contribution is -2.67. The average molecular weight is 439 g/mol. The third-order valence-corrected chi connectivity index (χ3v) is 11.4. The maximum absolute atomic E-state index is 12.1. The molecule has 1 aliphatic heterocycles. The Morgan fingerprint density at radius 3 is 2.10 bits per heavy atom. The Morgan fingerprint density at radius 1 is 1.06 bits per heavy atom. The molecule has 5 heteroatoms. The molecule has 0 aliphatic carbocycles. The van der Waals surface area contributed by atoms with Crippen LogP contribution in [0.1, 0.15) is 47.0 Å². The van der Waals surface area contributed by atoms with Gasteiger partial charge in [0.1, 0.15) is 12.4 Å². The first-order valence-electron chi connectivity index (χ1n) is 11.2. The summed E-state index contributed by atoms with van der Waals surface area (Å²) in [4.78, 5) is 23.1. The highest BCUT2D eigenvalue weighted by molar-refractivity contribution is 6.99. The first-order chi connectivity index (χ1) is 14.8. The Morgan fingerprint density at radius 2 is 1.61 bits per heavy atom. The molecule has 2 aromatic carbocycles. The maximum Gasteiger partial charge on any atom is 0.306 e. The number of rotatable bonds is 8. The highest BCUT2D eigenvalue weighted by Gasteiger charge is 2.50. The van der Waals surface area contributed by atoms with Crippen LogP contribution < -0.4 is 10.4 Å². The van der Waals surface area contributed by atoms with Crippen LogP contribution in [-0.4, -0.2) is 33.3 Å². The number of benzene rings is 2. The van der Waals surface area contributed by atoms with Crippen LogP contribution in [0.25, 0.3) is 0 Å². The van der Waals surface area contributed by atoms with Gasteiger partial charge in [0, 0.05) is 25.4 Å². The van der Waals surface area contributed by atoms with Crippen molar-refractivity contribution < 1.29 is 18.8 Å². The van der Waals surface area contributed by atoms with E-state index in [9.17, 15) is 9.59 Å². The predicted octanol–water partition coefficient (Wildman–Crippen LogP) is 4.11. The lowest BCUT2D eigenvalue weighted by Gasteiger charge is -2.44. The largest absolute Gasteiger partial charge is 0.462 e. The van der Waals surface area contributed by atoms with E-state index in [2.05, 4.69) is 76.2 Å². The summed E-state index contributed by atoms with van der Waals surface area (Å²) in [5.74, 6) is -0.0977. The van der Waals surface area contributed by atoms with Crippen molar-refractivity contribution in [1.82, 2.24) is 0 Å². The summed E-state index contributed by atoms with van der Waals surface area (Å²) in [5, 5.41) is 2.37. The first kappa shape index (κ1) is 23.4. The molecule has 1 fully saturated rings. The van der Waals surface area contributed by atoms with Gasteiger partial charge < -0.3 is 14.0 Å². The fourth-order valence-electron chi connectivity index (χ4n) is 4.70. The van der Waals surface area contributed by atoms with Gasteiger partial charge in [-0.3, -0.25) is 4.79 Å². The molecule has 0 saturated carbocycles. The van der Waals surface area contributed by atoms with Gasteiger partial charge in [0.25, 0.3) is 8.32 Å². The van der Waals surface area contributed by atoms with E-state index in [1.807, 2.05) is 12.1 Å². The summed E-state index contributed by atoms with van der Waals surface area (Å²) < 4.78 is 12.7. The van der Waals surface area contributed by atoms with Crippen LogP contribution in [0.2, 0.25) is 5.04 Å². The van der Waals surface area contributed by atoms with E-state index in [0.29, 0.717) is 19.4 Å². The minimum atomic E-state index is -2.62. The van der Waals surface area contributed by atoms with Crippen molar-refractivity contribution in [2.45, 2.75) is 58.1 Å². The van der Waals surface area contributed by atoms with Crippen molar-refractivity contribution in [3.05, 3.63) is 60.7 Å². The molecule has 0 radical (unpaired) electrons. The summed E-state index contributed by atoms with van der Waals surface area (Å²) in [6, 6.07) is 21.1. The zero-order valence-electron chi connectivity index (χ0n) is 19.0. The SMILES string of the molecule is C[C@H](CO[Si](c1ccccc1)(c1ccccc1)C(C)(C)C)[C@H]1C[C@@H](CC=O)CC(=O)O1. The topological polar surface area (TPSA) is 52.6 Å². The second-order valence-electron chi connectivity index (χ2n) is 9.69. The number of hydrogen-bond acceptors (Lipinski definition) is 4. The monoisotopic (exact) mass is 438 g/mol. The smallest absolute Gasteiger partial charge is 0.306 e. The molecule has 0 unspecified atom stereocenters. The lowest BCUT2D eigenvalue weighted by molar-refractivity contribution is -0.161. The minimum Gasteiger partial charge on any atom is -0.462 e.